The summed E-state index contributed by atoms with van der Waals surface area (Å²) in [4.78, 5) is 13.9. The zero-order valence-electron chi connectivity index (χ0n) is 4.60. The predicted molar refractivity (Wildman–Crippen MR) is 28.6 cm³/mol. The highest BCUT2D eigenvalue weighted by molar-refractivity contribution is 5.43. The molecular formula is C5H7NO2. The molecule has 0 unspecified atom stereocenters. The van der Waals surface area contributed by atoms with Gasteiger partial charge >= 0.3 is 0 Å². The van der Waals surface area contributed by atoms with Crippen molar-refractivity contribution in [2.75, 3.05) is 6.61 Å². The molecule has 0 atom stereocenters. The van der Waals surface area contributed by atoms with E-state index in [0.717, 1.165) is 0 Å². The van der Waals surface area contributed by atoms with Crippen molar-refractivity contribution in [3.05, 3.63) is 0 Å². The molecule has 0 aromatic heterocycles. The topological polar surface area (TPSA) is 38.3 Å². The van der Waals surface area contributed by atoms with Gasteiger partial charge in [-0.3, -0.25) is 9.63 Å². The Labute approximate surface area is 48.0 Å². The van der Waals surface area contributed by atoms with Gasteiger partial charge in [-0.15, -0.1) is 5.92 Å². The summed E-state index contributed by atoms with van der Waals surface area (Å²) >= 11 is 0. The predicted octanol–water partition coefficient (Wildman–Crippen LogP) is -0.313. The van der Waals surface area contributed by atoms with Crippen LogP contribution >= 0.6 is 0 Å². The first-order valence-corrected chi connectivity index (χ1v) is 2.12. The van der Waals surface area contributed by atoms with Crippen molar-refractivity contribution < 1.29 is 9.63 Å². The van der Waals surface area contributed by atoms with Crippen LogP contribution in [0.3, 0.4) is 0 Å². The molecule has 0 aromatic rings. The number of nitrogens with one attached hydrogen (secondary N) is 1. The monoisotopic (exact) mass is 113 g/mol. The van der Waals surface area contributed by atoms with E-state index in [2.05, 4.69) is 16.7 Å². The molecule has 3 nitrogen and oxygen atoms in total. The normalized spacial score (nSPS) is 6.62. The minimum absolute atomic E-state index is 0.245. The Hall–Kier alpha value is -1.01. The average Bonchev–Trinajstić information content (AvgIpc) is 1.81. The van der Waals surface area contributed by atoms with Crippen LogP contribution in [0.25, 0.3) is 0 Å². The summed E-state index contributed by atoms with van der Waals surface area (Å²) in [5.74, 6) is 5.19. The number of hydrogen-bond donors (Lipinski definition) is 1. The van der Waals surface area contributed by atoms with Crippen molar-refractivity contribution in [2.24, 2.45) is 0 Å². The third kappa shape index (κ3) is 4.99. The first-order chi connectivity index (χ1) is 3.91. The lowest BCUT2D eigenvalue weighted by molar-refractivity contribution is -0.119. The van der Waals surface area contributed by atoms with Gasteiger partial charge in [0.1, 0.15) is 6.61 Å². The summed E-state index contributed by atoms with van der Waals surface area (Å²) in [7, 11) is 0. The SMILES string of the molecule is CC#CCONC=O. The molecule has 0 saturated carbocycles. The van der Waals surface area contributed by atoms with Crippen molar-refractivity contribution in [1.82, 2.24) is 5.48 Å². The zero-order chi connectivity index (χ0) is 6.24. The van der Waals surface area contributed by atoms with Crippen LogP contribution in [0.2, 0.25) is 0 Å². The first kappa shape index (κ1) is 6.99. The van der Waals surface area contributed by atoms with E-state index in [4.69, 9.17) is 0 Å². The van der Waals surface area contributed by atoms with Crippen molar-refractivity contribution in [3.63, 3.8) is 0 Å². The summed E-state index contributed by atoms with van der Waals surface area (Å²) < 4.78 is 0. The number of hydrogen-bond acceptors (Lipinski definition) is 2. The Morgan fingerprint density at radius 3 is 3.12 bits per heavy atom. The number of carbonyl (C=O) groups is 1. The smallest absolute Gasteiger partial charge is 0.230 e. The molecule has 1 N–H and O–H groups in total. The van der Waals surface area contributed by atoms with E-state index in [0.29, 0.717) is 6.41 Å². The molecule has 0 heterocycles. The van der Waals surface area contributed by atoms with Crippen LogP contribution in [0, 0.1) is 11.8 Å². The molecular weight excluding hydrogens is 106 g/mol. The zero-order valence-corrected chi connectivity index (χ0v) is 4.60. The van der Waals surface area contributed by atoms with Gasteiger partial charge in [0.2, 0.25) is 6.41 Å². The van der Waals surface area contributed by atoms with E-state index >= 15 is 0 Å². The molecule has 0 rings (SSSR count). The van der Waals surface area contributed by atoms with Gasteiger partial charge in [-0.25, -0.2) is 5.48 Å². The maximum absolute atomic E-state index is 9.48. The van der Waals surface area contributed by atoms with E-state index < -0.39 is 0 Å². The van der Waals surface area contributed by atoms with Crippen LogP contribution in [0.15, 0.2) is 0 Å². The second-order valence-corrected chi connectivity index (χ2v) is 0.951. The maximum Gasteiger partial charge on any atom is 0.230 e. The van der Waals surface area contributed by atoms with Crippen molar-refractivity contribution in [1.29, 1.82) is 0 Å². The van der Waals surface area contributed by atoms with Gasteiger partial charge in [0.25, 0.3) is 0 Å². The fraction of sp³-hybridized carbons (Fsp3) is 0.400. The largest absolute Gasteiger partial charge is 0.277 e. The Bertz CT molecular complexity index is 111. The highest BCUT2D eigenvalue weighted by atomic mass is 16.6. The Kier molecular flexibility index (Phi) is 5.23. The number of amides is 1. The highest BCUT2D eigenvalue weighted by Gasteiger charge is 1.72. The number of hydroxylamine groups is 1. The molecule has 0 aliphatic heterocycles. The van der Waals surface area contributed by atoms with Gasteiger partial charge < -0.3 is 0 Å². The van der Waals surface area contributed by atoms with Crippen molar-refractivity contribution in [3.8, 4) is 11.8 Å². The molecule has 0 aliphatic carbocycles. The summed E-state index contributed by atoms with van der Waals surface area (Å²) in [6, 6.07) is 0. The van der Waals surface area contributed by atoms with E-state index in [1.807, 2.05) is 5.48 Å². The molecule has 44 valence electrons. The summed E-state index contributed by atoms with van der Waals surface area (Å²) in [6.07, 6.45) is 0.456. The highest BCUT2D eigenvalue weighted by Crippen LogP contribution is 1.59. The van der Waals surface area contributed by atoms with Crippen LogP contribution in [-0.2, 0) is 9.63 Å². The molecule has 8 heavy (non-hydrogen) atoms. The lowest BCUT2D eigenvalue weighted by Gasteiger charge is -1.89. The van der Waals surface area contributed by atoms with Crippen LogP contribution in [0.1, 0.15) is 6.92 Å². The van der Waals surface area contributed by atoms with Crippen molar-refractivity contribution in [2.45, 2.75) is 6.92 Å². The molecule has 3 heteroatoms. The molecule has 1 amide bonds. The molecule has 0 saturated heterocycles. The third-order valence-corrected chi connectivity index (χ3v) is 0.453. The van der Waals surface area contributed by atoms with E-state index in [9.17, 15) is 4.79 Å². The lowest BCUT2D eigenvalue weighted by atomic mass is 10.6. The van der Waals surface area contributed by atoms with Crippen LogP contribution in [-0.4, -0.2) is 13.0 Å². The number of carbonyl (C=O) groups excluding carboxylic acids is 1. The van der Waals surface area contributed by atoms with E-state index in [1.165, 1.54) is 0 Å². The minimum Gasteiger partial charge on any atom is -0.277 e. The van der Waals surface area contributed by atoms with Gasteiger partial charge in [0, 0.05) is 0 Å². The molecule has 0 spiro atoms. The Morgan fingerprint density at radius 1 is 1.88 bits per heavy atom. The maximum atomic E-state index is 9.48. The van der Waals surface area contributed by atoms with Gasteiger partial charge in [-0.05, 0) is 6.92 Å². The second-order valence-electron chi connectivity index (χ2n) is 0.951. The molecule has 0 radical (unpaired) electrons. The molecule has 0 bridgehead atoms. The summed E-state index contributed by atoms with van der Waals surface area (Å²) in [5, 5.41) is 0. The lowest BCUT2D eigenvalue weighted by Crippen LogP contribution is -2.11. The standard InChI is InChI=1S/C5H7NO2/c1-2-3-4-8-6-5-7/h5H,4H2,1H3,(H,6,7). The van der Waals surface area contributed by atoms with Crippen LogP contribution in [0.5, 0.6) is 0 Å². The Balaban J connectivity index is 2.89. The molecule has 0 aliphatic rings. The van der Waals surface area contributed by atoms with Gasteiger partial charge in [0.15, 0.2) is 0 Å². The Morgan fingerprint density at radius 2 is 2.62 bits per heavy atom. The fourth-order valence-corrected chi connectivity index (χ4v) is 0.184. The average molecular weight is 113 g/mol. The quantitative estimate of drug-likeness (QED) is 0.236. The van der Waals surface area contributed by atoms with Crippen LogP contribution < -0.4 is 5.48 Å². The third-order valence-electron chi connectivity index (χ3n) is 0.453. The van der Waals surface area contributed by atoms with Gasteiger partial charge in [0.05, 0.1) is 0 Å². The summed E-state index contributed by atoms with van der Waals surface area (Å²) in [5.41, 5.74) is 2.00. The minimum atomic E-state index is 0.245. The summed E-state index contributed by atoms with van der Waals surface area (Å²) in [6.45, 7) is 1.94. The fourth-order valence-electron chi connectivity index (χ4n) is 0.184. The van der Waals surface area contributed by atoms with Gasteiger partial charge in [-0.1, -0.05) is 5.92 Å². The first-order valence-electron chi connectivity index (χ1n) is 2.12. The number of rotatable bonds is 3. The van der Waals surface area contributed by atoms with Crippen molar-refractivity contribution >= 4 is 6.41 Å². The van der Waals surface area contributed by atoms with E-state index in [1.54, 1.807) is 6.92 Å². The molecule has 0 fully saturated rings. The van der Waals surface area contributed by atoms with E-state index in [-0.39, 0.29) is 6.61 Å². The van der Waals surface area contributed by atoms with Gasteiger partial charge in [-0.2, -0.15) is 0 Å². The second kappa shape index (κ2) is 5.99. The van der Waals surface area contributed by atoms with Crippen LogP contribution in [0.4, 0.5) is 0 Å². The molecule has 0 aromatic carbocycles.